The maximum Gasteiger partial charge on any atom is 0.321 e. The molecule has 2 aliphatic rings. The molecule has 0 saturated carbocycles. The number of benzene rings is 1. The molecule has 2 amide bonds. The van der Waals surface area contributed by atoms with Crippen LogP contribution in [0.5, 0.6) is 0 Å². The standard InChI is InChI=1S/C19H27BrFN3O/c20-16-5-6-18(17(21)13-16)22-19(25)24-11-7-15(8-12-24)14-23-9-3-1-2-4-10-23/h5-6,13,15H,1-4,7-12,14H2,(H,22,25). The Morgan fingerprint density at radius 1 is 1.12 bits per heavy atom. The zero-order chi connectivity index (χ0) is 17.6. The lowest BCUT2D eigenvalue weighted by molar-refractivity contribution is 0.155. The number of likely N-dealkylation sites (tertiary alicyclic amines) is 2. The van der Waals surface area contributed by atoms with Gasteiger partial charge in [-0.25, -0.2) is 9.18 Å². The van der Waals surface area contributed by atoms with Crippen LogP contribution in [0.2, 0.25) is 0 Å². The monoisotopic (exact) mass is 411 g/mol. The Kier molecular flexibility index (Phi) is 6.70. The van der Waals surface area contributed by atoms with E-state index in [1.165, 1.54) is 44.8 Å². The molecule has 4 nitrogen and oxygen atoms in total. The van der Waals surface area contributed by atoms with Crippen molar-refractivity contribution >= 4 is 27.6 Å². The highest BCUT2D eigenvalue weighted by molar-refractivity contribution is 9.10. The molecule has 2 fully saturated rings. The largest absolute Gasteiger partial charge is 0.325 e. The fourth-order valence-corrected chi connectivity index (χ4v) is 4.12. The first kappa shape index (κ1) is 18.6. The zero-order valence-corrected chi connectivity index (χ0v) is 16.2. The molecule has 1 N–H and O–H groups in total. The highest BCUT2D eigenvalue weighted by atomic mass is 79.9. The SMILES string of the molecule is O=C(Nc1ccc(Br)cc1F)N1CCC(CN2CCCCCC2)CC1. The van der Waals surface area contributed by atoms with Crippen molar-refractivity contribution in [1.82, 2.24) is 9.80 Å². The van der Waals surface area contributed by atoms with Crippen molar-refractivity contribution < 1.29 is 9.18 Å². The van der Waals surface area contributed by atoms with Crippen molar-refractivity contribution in [3.05, 3.63) is 28.5 Å². The number of carbonyl (C=O) groups is 1. The van der Waals surface area contributed by atoms with Gasteiger partial charge in [-0.1, -0.05) is 28.8 Å². The smallest absolute Gasteiger partial charge is 0.321 e. The van der Waals surface area contributed by atoms with Crippen LogP contribution in [-0.4, -0.2) is 48.6 Å². The predicted octanol–water partition coefficient (Wildman–Crippen LogP) is 4.71. The number of hydrogen-bond donors (Lipinski definition) is 1. The Hall–Kier alpha value is -1.14. The molecule has 0 spiro atoms. The number of amides is 2. The molecular weight excluding hydrogens is 385 g/mol. The Morgan fingerprint density at radius 2 is 1.80 bits per heavy atom. The first-order chi connectivity index (χ1) is 12.1. The highest BCUT2D eigenvalue weighted by Crippen LogP contribution is 2.23. The number of carbonyl (C=O) groups excluding carboxylic acids is 1. The molecule has 25 heavy (non-hydrogen) atoms. The van der Waals surface area contributed by atoms with Gasteiger partial charge in [0.25, 0.3) is 0 Å². The fourth-order valence-electron chi connectivity index (χ4n) is 3.79. The van der Waals surface area contributed by atoms with Crippen LogP contribution >= 0.6 is 15.9 Å². The predicted molar refractivity (Wildman–Crippen MR) is 102 cm³/mol. The quantitative estimate of drug-likeness (QED) is 0.781. The van der Waals surface area contributed by atoms with E-state index in [0.717, 1.165) is 32.5 Å². The topological polar surface area (TPSA) is 35.6 Å². The molecule has 2 heterocycles. The number of nitrogens with one attached hydrogen (secondary N) is 1. The molecule has 0 aliphatic carbocycles. The van der Waals surface area contributed by atoms with Crippen LogP contribution in [0, 0.1) is 11.7 Å². The van der Waals surface area contributed by atoms with E-state index in [1.54, 1.807) is 17.0 Å². The molecule has 2 saturated heterocycles. The van der Waals surface area contributed by atoms with Crippen LogP contribution in [0.1, 0.15) is 38.5 Å². The van der Waals surface area contributed by atoms with Crippen molar-refractivity contribution in [2.75, 3.05) is 38.0 Å². The number of rotatable bonds is 3. The summed E-state index contributed by atoms with van der Waals surface area (Å²) in [5.74, 6) is 0.255. The molecule has 138 valence electrons. The molecule has 2 aliphatic heterocycles. The van der Waals surface area contributed by atoms with E-state index >= 15 is 0 Å². The van der Waals surface area contributed by atoms with Gasteiger partial charge in [0, 0.05) is 24.1 Å². The summed E-state index contributed by atoms with van der Waals surface area (Å²) in [5.41, 5.74) is 0.236. The lowest BCUT2D eigenvalue weighted by Crippen LogP contribution is -2.43. The van der Waals surface area contributed by atoms with Crippen LogP contribution in [0.3, 0.4) is 0 Å². The summed E-state index contributed by atoms with van der Waals surface area (Å²) >= 11 is 3.22. The molecule has 6 heteroatoms. The summed E-state index contributed by atoms with van der Waals surface area (Å²) in [7, 11) is 0. The van der Waals surface area contributed by atoms with Gasteiger partial charge in [-0.3, -0.25) is 0 Å². The maximum atomic E-state index is 13.9. The summed E-state index contributed by atoms with van der Waals surface area (Å²) in [6, 6.07) is 4.48. The van der Waals surface area contributed by atoms with E-state index in [2.05, 4.69) is 26.1 Å². The van der Waals surface area contributed by atoms with Crippen molar-refractivity contribution in [2.45, 2.75) is 38.5 Å². The number of anilines is 1. The summed E-state index contributed by atoms with van der Waals surface area (Å²) < 4.78 is 14.5. The number of urea groups is 1. The zero-order valence-electron chi connectivity index (χ0n) is 14.6. The van der Waals surface area contributed by atoms with Crippen molar-refractivity contribution in [2.24, 2.45) is 5.92 Å². The van der Waals surface area contributed by atoms with Gasteiger partial charge in [0.1, 0.15) is 5.82 Å². The Balaban J connectivity index is 1.45. The van der Waals surface area contributed by atoms with E-state index < -0.39 is 5.82 Å². The van der Waals surface area contributed by atoms with Gasteiger partial charge in [-0.2, -0.15) is 0 Å². The second kappa shape index (κ2) is 8.99. The van der Waals surface area contributed by atoms with Gasteiger partial charge < -0.3 is 15.1 Å². The fraction of sp³-hybridized carbons (Fsp3) is 0.632. The number of hydrogen-bond acceptors (Lipinski definition) is 2. The molecular formula is C19H27BrFN3O. The van der Waals surface area contributed by atoms with Crippen molar-refractivity contribution in [3.8, 4) is 0 Å². The molecule has 1 aromatic rings. The molecule has 0 aromatic heterocycles. The third kappa shape index (κ3) is 5.42. The summed E-state index contributed by atoms with van der Waals surface area (Å²) in [6.45, 7) is 5.12. The number of piperidine rings is 1. The summed E-state index contributed by atoms with van der Waals surface area (Å²) in [5, 5.41) is 2.69. The molecule has 3 rings (SSSR count). The van der Waals surface area contributed by atoms with E-state index in [4.69, 9.17) is 0 Å². The van der Waals surface area contributed by atoms with Crippen LogP contribution in [0.15, 0.2) is 22.7 Å². The average Bonchev–Trinajstić information content (AvgIpc) is 2.87. The third-order valence-electron chi connectivity index (χ3n) is 5.29. The average molecular weight is 412 g/mol. The maximum absolute atomic E-state index is 13.9. The second-order valence-corrected chi connectivity index (χ2v) is 8.12. The summed E-state index contributed by atoms with van der Waals surface area (Å²) in [4.78, 5) is 16.8. The van der Waals surface area contributed by atoms with Crippen LogP contribution < -0.4 is 5.32 Å². The molecule has 0 atom stereocenters. The molecule has 0 bridgehead atoms. The first-order valence-electron chi connectivity index (χ1n) is 9.35. The number of nitrogens with zero attached hydrogens (tertiary/aromatic N) is 2. The second-order valence-electron chi connectivity index (χ2n) is 7.20. The van der Waals surface area contributed by atoms with E-state index in [0.29, 0.717) is 10.4 Å². The van der Waals surface area contributed by atoms with Crippen molar-refractivity contribution in [1.29, 1.82) is 0 Å². The highest BCUT2D eigenvalue weighted by Gasteiger charge is 2.25. The minimum absolute atomic E-state index is 0.200. The molecule has 1 aromatic carbocycles. The van der Waals surface area contributed by atoms with E-state index in [1.807, 2.05) is 0 Å². The van der Waals surface area contributed by atoms with Gasteiger partial charge >= 0.3 is 6.03 Å². The normalized spacial score (nSPS) is 20.3. The van der Waals surface area contributed by atoms with E-state index in [-0.39, 0.29) is 11.7 Å². The first-order valence-corrected chi connectivity index (χ1v) is 10.1. The van der Waals surface area contributed by atoms with Crippen LogP contribution in [0.25, 0.3) is 0 Å². The van der Waals surface area contributed by atoms with Gasteiger partial charge in [-0.05, 0) is 62.9 Å². The summed E-state index contributed by atoms with van der Waals surface area (Å²) in [6.07, 6.45) is 7.43. The van der Waals surface area contributed by atoms with Crippen LogP contribution in [-0.2, 0) is 0 Å². The Labute approximate surface area is 157 Å². The lowest BCUT2D eigenvalue weighted by atomic mass is 9.96. The van der Waals surface area contributed by atoms with Gasteiger partial charge in [0.15, 0.2) is 0 Å². The van der Waals surface area contributed by atoms with Crippen molar-refractivity contribution in [3.63, 3.8) is 0 Å². The molecule has 0 radical (unpaired) electrons. The molecule has 0 unspecified atom stereocenters. The minimum atomic E-state index is -0.418. The van der Waals surface area contributed by atoms with E-state index in [9.17, 15) is 9.18 Å². The Bertz CT molecular complexity index is 582. The Morgan fingerprint density at radius 3 is 2.44 bits per heavy atom. The third-order valence-corrected chi connectivity index (χ3v) is 5.78. The van der Waals surface area contributed by atoms with Gasteiger partial charge in [-0.15, -0.1) is 0 Å². The lowest BCUT2D eigenvalue weighted by Gasteiger charge is -2.34. The minimum Gasteiger partial charge on any atom is -0.325 e. The van der Waals surface area contributed by atoms with Gasteiger partial charge in [0.2, 0.25) is 0 Å². The van der Waals surface area contributed by atoms with Crippen LogP contribution in [0.4, 0.5) is 14.9 Å². The van der Waals surface area contributed by atoms with Gasteiger partial charge in [0.05, 0.1) is 5.69 Å². The number of halogens is 2.